The van der Waals surface area contributed by atoms with Crippen molar-refractivity contribution in [3.8, 4) is 0 Å². The Morgan fingerprint density at radius 1 is 0.846 bits per heavy atom. The van der Waals surface area contributed by atoms with Gasteiger partial charge in [-0.25, -0.2) is 0 Å². The fourth-order valence-corrected chi connectivity index (χ4v) is 5.36. The Morgan fingerprint density at radius 2 is 1.62 bits per heavy atom. The molecule has 0 saturated carbocycles. The molecule has 1 unspecified atom stereocenters. The van der Waals surface area contributed by atoms with Gasteiger partial charge in [-0.15, -0.1) is 0 Å². The minimum atomic E-state index is 0.0320. The highest BCUT2D eigenvalue weighted by atomic mass is 14.9. The maximum absolute atomic E-state index is 3.79. The van der Waals surface area contributed by atoms with Crippen molar-refractivity contribution in [3.63, 3.8) is 0 Å². The lowest BCUT2D eigenvalue weighted by Gasteiger charge is -2.40. The first kappa shape index (κ1) is 14.4. The van der Waals surface area contributed by atoms with Crippen LogP contribution in [0.2, 0.25) is 0 Å². The lowest BCUT2D eigenvalue weighted by atomic mass is 9.63. The van der Waals surface area contributed by atoms with Gasteiger partial charge < -0.3 is 5.32 Å². The minimum absolute atomic E-state index is 0.0320. The maximum Gasteiger partial charge on any atom is 0.0421 e. The molecule has 1 heteroatoms. The van der Waals surface area contributed by atoms with Crippen molar-refractivity contribution in [3.05, 3.63) is 106 Å². The molecule has 0 radical (unpaired) electrons. The number of hydrogen-bond donors (Lipinski definition) is 1. The van der Waals surface area contributed by atoms with E-state index in [9.17, 15) is 0 Å². The molecule has 0 fully saturated rings. The van der Waals surface area contributed by atoms with Gasteiger partial charge in [0.15, 0.2) is 0 Å². The van der Waals surface area contributed by atoms with E-state index in [4.69, 9.17) is 0 Å². The molecule has 0 spiro atoms. The first-order valence-electron chi connectivity index (χ1n) is 9.49. The summed E-state index contributed by atoms with van der Waals surface area (Å²) in [5, 5.41) is 3.79. The average molecular weight is 335 g/mol. The van der Waals surface area contributed by atoms with Crippen LogP contribution in [0.4, 0.5) is 5.69 Å². The summed E-state index contributed by atoms with van der Waals surface area (Å²) in [6.45, 7) is 4.73. The van der Waals surface area contributed by atoms with Gasteiger partial charge in [0, 0.05) is 28.3 Å². The highest BCUT2D eigenvalue weighted by Crippen LogP contribution is 2.55. The van der Waals surface area contributed by atoms with Crippen LogP contribution < -0.4 is 5.32 Å². The fraction of sp³-hybridized carbons (Fsp3) is 0.200. The number of para-hydroxylation sites is 1. The quantitative estimate of drug-likeness (QED) is 0.543. The van der Waals surface area contributed by atoms with Crippen LogP contribution in [-0.4, -0.2) is 0 Å². The first-order chi connectivity index (χ1) is 12.7. The van der Waals surface area contributed by atoms with Crippen molar-refractivity contribution in [1.29, 1.82) is 0 Å². The molecule has 2 aliphatic carbocycles. The Balaban J connectivity index is 1.74. The molecular formula is C25H21N. The first-order valence-corrected chi connectivity index (χ1v) is 9.49. The summed E-state index contributed by atoms with van der Waals surface area (Å²) in [5.74, 6) is 0.443. The normalized spacial score (nSPS) is 20.6. The number of allylic oxidation sites excluding steroid dienone is 1. The van der Waals surface area contributed by atoms with E-state index < -0.39 is 0 Å². The lowest BCUT2D eigenvalue weighted by molar-refractivity contribution is 0.624. The molecule has 0 saturated heterocycles. The van der Waals surface area contributed by atoms with E-state index in [0.717, 1.165) is 6.42 Å². The second kappa shape index (κ2) is 4.67. The van der Waals surface area contributed by atoms with Crippen molar-refractivity contribution in [1.82, 2.24) is 0 Å². The third-order valence-electron chi connectivity index (χ3n) is 6.59. The largest absolute Gasteiger partial charge is 0.358 e. The van der Waals surface area contributed by atoms with Crippen LogP contribution in [0.25, 0.3) is 5.57 Å². The molecule has 1 N–H and O–H groups in total. The summed E-state index contributed by atoms with van der Waals surface area (Å²) in [6.07, 6.45) is 1.09. The van der Waals surface area contributed by atoms with Gasteiger partial charge in [-0.3, -0.25) is 0 Å². The third kappa shape index (κ3) is 1.61. The zero-order chi connectivity index (χ0) is 17.5. The highest BCUT2D eigenvalue weighted by Gasteiger charge is 2.42. The highest BCUT2D eigenvalue weighted by molar-refractivity contribution is 5.95. The zero-order valence-corrected chi connectivity index (χ0v) is 15.1. The van der Waals surface area contributed by atoms with Crippen molar-refractivity contribution in [2.45, 2.75) is 31.6 Å². The summed E-state index contributed by atoms with van der Waals surface area (Å²) in [5.41, 5.74) is 12.8. The third-order valence-corrected chi connectivity index (χ3v) is 6.59. The Hall–Kier alpha value is -2.80. The number of anilines is 1. The number of rotatable bonds is 0. The van der Waals surface area contributed by atoms with Crippen LogP contribution in [0.5, 0.6) is 0 Å². The summed E-state index contributed by atoms with van der Waals surface area (Å²) < 4.78 is 0. The molecule has 1 heterocycles. The molecule has 3 aromatic carbocycles. The van der Waals surface area contributed by atoms with E-state index in [1.54, 1.807) is 0 Å². The summed E-state index contributed by atoms with van der Waals surface area (Å²) in [4.78, 5) is 0. The van der Waals surface area contributed by atoms with Gasteiger partial charge >= 0.3 is 0 Å². The van der Waals surface area contributed by atoms with Crippen LogP contribution in [0.15, 0.2) is 72.4 Å². The summed E-state index contributed by atoms with van der Waals surface area (Å²) >= 11 is 0. The van der Waals surface area contributed by atoms with Crippen LogP contribution in [0.3, 0.4) is 0 Å². The van der Waals surface area contributed by atoms with Gasteiger partial charge in [0.05, 0.1) is 0 Å². The standard InChI is InChI=1S/C25H21N/c1-25(2)19-11-5-3-10-17(19)23-22-15(8-7-12-20(22)25)14-18-16-9-4-6-13-21(16)26-24(18)23/h3-13,18,26H,14H2,1-2H3. The fourth-order valence-electron chi connectivity index (χ4n) is 5.36. The van der Waals surface area contributed by atoms with Crippen LogP contribution in [0.1, 0.15) is 53.1 Å². The molecule has 0 amide bonds. The molecule has 1 aliphatic heterocycles. The zero-order valence-electron chi connectivity index (χ0n) is 15.1. The van der Waals surface area contributed by atoms with E-state index in [0.29, 0.717) is 5.92 Å². The van der Waals surface area contributed by atoms with Crippen molar-refractivity contribution >= 4 is 11.3 Å². The Morgan fingerprint density at radius 3 is 2.54 bits per heavy atom. The van der Waals surface area contributed by atoms with Crippen molar-refractivity contribution < 1.29 is 0 Å². The molecule has 0 bridgehead atoms. The molecule has 3 aromatic rings. The molecule has 1 nitrogen and oxygen atoms in total. The van der Waals surface area contributed by atoms with Crippen molar-refractivity contribution in [2.24, 2.45) is 0 Å². The molecule has 3 aliphatic rings. The summed E-state index contributed by atoms with van der Waals surface area (Å²) in [6, 6.07) is 24.7. The van der Waals surface area contributed by atoms with E-state index in [-0.39, 0.29) is 5.41 Å². The SMILES string of the molecule is CC1(C)c2ccccc2C2=C3Nc4ccccc4C3Cc3cccc1c32. The lowest BCUT2D eigenvalue weighted by Crippen LogP contribution is -2.30. The minimum Gasteiger partial charge on any atom is -0.358 e. The van der Waals surface area contributed by atoms with Gasteiger partial charge in [-0.1, -0.05) is 74.5 Å². The van der Waals surface area contributed by atoms with Gasteiger partial charge in [0.2, 0.25) is 0 Å². The van der Waals surface area contributed by atoms with Crippen molar-refractivity contribution in [2.75, 3.05) is 5.32 Å². The van der Waals surface area contributed by atoms with Crippen LogP contribution >= 0.6 is 0 Å². The van der Waals surface area contributed by atoms with E-state index in [1.807, 2.05) is 0 Å². The molecule has 126 valence electrons. The maximum atomic E-state index is 3.79. The molecule has 1 atom stereocenters. The van der Waals surface area contributed by atoms with Crippen LogP contribution in [0, 0.1) is 0 Å². The molecular weight excluding hydrogens is 314 g/mol. The van der Waals surface area contributed by atoms with Gasteiger partial charge in [0.25, 0.3) is 0 Å². The number of nitrogens with one attached hydrogen (secondary N) is 1. The molecule has 26 heavy (non-hydrogen) atoms. The van der Waals surface area contributed by atoms with E-state index in [1.165, 1.54) is 50.3 Å². The number of benzene rings is 3. The number of fused-ring (bicyclic) bond motifs is 5. The second-order valence-electron chi connectivity index (χ2n) is 8.27. The molecule has 6 rings (SSSR count). The Bertz CT molecular complexity index is 1120. The molecule has 0 aromatic heterocycles. The topological polar surface area (TPSA) is 12.0 Å². The predicted octanol–water partition coefficient (Wildman–Crippen LogP) is 5.85. The smallest absolute Gasteiger partial charge is 0.0421 e. The Kier molecular flexibility index (Phi) is 2.59. The summed E-state index contributed by atoms with van der Waals surface area (Å²) in [7, 11) is 0. The van der Waals surface area contributed by atoms with Gasteiger partial charge in [0.1, 0.15) is 0 Å². The van der Waals surface area contributed by atoms with E-state index >= 15 is 0 Å². The van der Waals surface area contributed by atoms with E-state index in [2.05, 4.69) is 85.9 Å². The van der Waals surface area contributed by atoms with Crippen LogP contribution in [-0.2, 0) is 11.8 Å². The monoisotopic (exact) mass is 335 g/mol. The second-order valence-corrected chi connectivity index (χ2v) is 8.27. The predicted molar refractivity (Wildman–Crippen MR) is 108 cm³/mol. The van der Waals surface area contributed by atoms with Gasteiger partial charge in [-0.2, -0.15) is 0 Å². The Labute approximate surface area is 154 Å². The van der Waals surface area contributed by atoms with Gasteiger partial charge in [-0.05, 0) is 45.9 Å². The average Bonchev–Trinajstić information content (AvgIpc) is 3.03. The number of hydrogen-bond acceptors (Lipinski definition) is 1.